The van der Waals surface area contributed by atoms with Gasteiger partial charge in [0.15, 0.2) is 5.17 Å². The number of carbonyl (C=O) groups is 1. The number of rotatable bonds is 2. The Hall–Kier alpha value is -1.75. The molecule has 1 aromatic carbocycles. The van der Waals surface area contributed by atoms with E-state index in [1.165, 1.54) is 0 Å². The van der Waals surface area contributed by atoms with E-state index in [1.54, 1.807) is 18.7 Å². The fourth-order valence-corrected chi connectivity index (χ4v) is 3.74. The van der Waals surface area contributed by atoms with Gasteiger partial charge in [-0.05, 0) is 18.9 Å². The van der Waals surface area contributed by atoms with Crippen LogP contribution in [0.3, 0.4) is 0 Å². The van der Waals surface area contributed by atoms with Crippen LogP contribution in [-0.4, -0.2) is 33.4 Å². The lowest BCUT2D eigenvalue weighted by atomic mass is 9.94. The van der Waals surface area contributed by atoms with Gasteiger partial charge in [-0.25, -0.2) is 9.79 Å². The van der Waals surface area contributed by atoms with E-state index in [2.05, 4.69) is 9.89 Å². The molecular weight excluding hydrogens is 272 g/mol. The fourth-order valence-electron chi connectivity index (χ4n) is 2.72. The summed E-state index contributed by atoms with van der Waals surface area (Å²) in [6.45, 7) is 2.65. The highest BCUT2D eigenvalue weighted by Crippen LogP contribution is 2.39. The lowest BCUT2D eigenvalue weighted by Gasteiger charge is -2.40. The molecule has 0 saturated carbocycles. The van der Waals surface area contributed by atoms with Crippen LogP contribution in [0, 0.1) is 0 Å². The van der Waals surface area contributed by atoms with Crippen LogP contribution in [0.4, 0.5) is 0 Å². The fraction of sp³-hybridized carbons (Fsp3) is 0.333. The Balaban J connectivity index is 2.12. The first-order chi connectivity index (χ1) is 9.68. The van der Waals surface area contributed by atoms with Crippen molar-refractivity contribution in [1.29, 1.82) is 0 Å². The second kappa shape index (κ2) is 5.32. The maximum Gasteiger partial charge on any atom is 0.335 e. The lowest BCUT2D eigenvalue weighted by Crippen LogP contribution is -2.42. The van der Waals surface area contributed by atoms with E-state index in [1.807, 2.05) is 30.3 Å². The number of amidine groups is 1. The van der Waals surface area contributed by atoms with Crippen LogP contribution in [0.1, 0.15) is 24.9 Å². The van der Waals surface area contributed by atoms with Crippen molar-refractivity contribution in [3.63, 3.8) is 0 Å². The number of aliphatic imine (C=N–C) groups is 1. The van der Waals surface area contributed by atoms with Crippen LogP contribution in [0.5, 0.6) is 0 Å². The van der Waals surface area contributed by atoms with E-state index in [0.29, 0.717) is 11.3 Å². The molecule has 20 heavy (non-hydrogen) atoms. The Morgan fingerprint density at radius 1 is 1.40 bits per heavy atom. The van der Waals surface area contributed by atoms with Gasteiger partial charge < -0.3 is 10.0 Å². The minimum absolute atomic E-state index is 0.228. The molecular formula is C15H16N2O2S. The van der Waals surface area contributed by atoms with E-state index in [-0.39, 0.29) is 6.04 Å². The zero-order valence-corrected chi connectivity index (χ0v) is 12.1. The third-order valence-electron chi connectivity index (χ3n) is 3.60. The zero-order chi connectivity index (χ0) is 14.1. The predicted octanol–water partition coefficient (Wildman–Crippen LogP) is 2.89. The standard InChI is InChI=1S/C15H16N2O2S/c1-10-12(14(18)19)13(11-6-3-2-4-7-11)17-8-5-9-20-15(17)16-10/h2-4,6-7,13H,5,8-9H2,1H3,(H,18,19). The summed E-state index contributed by atoms with van der Waals surface area (Å²) in [7, 11) is 0. The molecule has 0 amide bonds. The van der Waals surface area contributed by atoms with Crippen molar-refractivity contribution >= 4 is 22.9 Å². The molecule has 4 nitrogen and oxygen atoms in total. The summed E-state index contributed by atoms with van der Waals surface area (Å²) in [6.07, 6.45) is 1.05. The van der Waals surface area contributed by atoms with Gasteiger partial charge in [-0.15, -0.1) is 0 Å². The van der Waals surface area contributed by atoms with Gasteiger partial charge in [-0.1, -0.05) is 42.1 Å². The van der Waals surface area contributed by atoms with Crippen molar-refractivity contribution in [2.75, 3.05) is 12.3 Å². The Labute approximate surface area is 122 Å². The van der Waals surface area contributed by atoms with Crippen LogP contribution in [-0.2, 0) is 4.79 Å². The zero-order valence-electron chi connectivity index (χ0n) is 11.2. The normalized spacial score (nSPS) is 22.4. The Morgan fingerprint density at radius 2 is 2.15 bits per heavy atom. The minimum Gasteiger partial charge on any atom is -0.478 e. The molecule has 1 aromatic rings. The molecule has 0 spiro atoms. The quantitative estimate of drug-likeness (QED) is 0.909. The van der Waals surface area contributed by atoms with Crippen molar-refractivity contribution in [2.45, 2.75) is 19.4 Å². The number of carboxylic acid groups (broad SMARTS) is 1. The molecule has 1 atom stereocenters. The van der Waals surface area contributed by atoms with Gasteiger partial charge in [0.2, 0.25) is 0 Å². The van der Waals surface area contributed by atoms with Crippen LogP contribution < -0.4 is 0 Å². The highest BCUT2D eigenvalue weighted by atomic mass is 32.2. The van der Waals surface area contributed by atoms with Crippen LogP contribution in [0.2, 0.25) is 0 Å². The van der Waals surface area contributed by atoms with Crippen LogP contribution in [0.25, 0.3) is 0 Å². The summed E-state index contributed by atoms with van der Waals surface area (Å²) in [5, 5.41) is 10.5. The summed E-state index contributed by atoms with van der Waals surface area (Å²) in [5.74, 6) is 0.168. The molecule has 2 aliphatic heterocycles. The number of hydrogen-bond acceptors (Lipinski definition) is 4. The molecule has 0 radical (unpaired) electrons. The maximum absolute atomic E-state index is 11.7. The summed E-state index contributed by atoms with van der Waals surface area (Å²) < 4.78 is 0. The van der Waals surface area contributed by atoms with E-state index in [4.69, 9.17) is 0 Å². The van der Waals surface area contributed by atoms with Gasteiger partial charge in [0, 0.05) is 12.3 Å². The maximum atomic E-state index is 11.7. The van der Waals surface area contributed by atoms with Crippen molar-refractivity contribution in [3.8, 4) is 0 Å². The average Bonchev–Trinajstić information content (AvgIpc) is 2.46. The minimum atomic E-state index is -0.880. The summed E-state index contributed by atoms with van der Waals surface area (Å²) >= 11 is 1.71. The third kappa shape index (κ3) is 2.22. The number of carboxylic acids is 1. The third-order valence-corrected chi connectivity index (χ3v) is 4.68. The highest BCUT2D eigenvalue weighted by molar-refractivity contribution is 8.13. The second-order valence-electron chi connectivity index (χ2n) is 4.91. The lowest BCUT2D eigenvalue weighted by molar-refractivity contribution is -0.133. The molecule has 3 rings (SSSR count). The van der Waals surface area contributed by atoms with Crippen molar-refractivity contribution in [2.24, 2.45) is 4.99 Å². The average molecular weight is 288 g/mol. The molecule has 2 aliphatic rings. The topological polar surface area (TPSA) is 52.9 Å². The van der Waals surface area contributed by atoms with Crippen LogP contribution in [0.15, 0.2) is 46.6 Å². The van der Waals surface area contributed by atoms with E-state index >= 15 is 0 Å². The second-order valence-corrected chi connectivity index (χ2v) is 5.97. The predicted molar refractivity (Wildman–Crippen MR) is 80.7 cm³/mol. The highest BCUT2D eigenvalue weighted by Gasteiger charge is 2.36. The molecule has 1 unspecified atom stereocenters. The number of thioether (sulfide) groups is 1. The molecule has 1 saturated heterocycles. The molecule has 104 valence electrons. The first kappa shape index (κ1) is 13.2. The number of hydrogen-bond donors (Lipinski definition) is 1. The summed E-state index contributed by atoms with van der Waals surface area (Å²) in [5.41, 5.74) is 2.02. The smallest absolute Gasteiger partial charge is 0.335 e. The molecule has 1 N–H and O–H groups in total. The van der Waals surface area contributed by atoms with Gasteiger partial charge >= 0.3 is 5.97 Å². The first-order valence-electron chi connectivity index (χ1n) is 6.65. The first-order valence-corrected chi connectivity index (χ1v) is 7.64. The van der Waals surface area contributed by atoms with Gasteiger partial charge in [-0.3, -0.25) is 0 Å². The molecule has 0 aromatic heterocycles. The number of allylic oxidation sites excluding steroid dienone is 1. The number of benzene rings is 1. The van der Waals surface area contributed by atoms with Gasteiger partial charge in [0.05, 0.1) is 17.3 Å². The molecule has 0 bridgehead atoms. The Kier molecular flexibility index (Phi) is 3.53. The Morgan fingerprint density at radius 3 is 2.85 bits per heavy atom. The molecule has 1 fully saturated rings. The SMILES string of the molecule is CC1=C(C(=O)O)C(c2ccccc2)N2CCCSC2=N1. The molecule has 5 heteroatoms. The van der Waals surface area contributed by atoms with Gasteiger partial charge in [0.1, 0.15) is 0 Å². The van der Waals surface area contributed by atoms with E-state index < -0.39 is 5.97 Å². The van der Waals surface area contributed by atoms with Crippen molar-refractivity contribution < 1.29 is 9.90 Å². The number of nitrogens with zero attached hydrogens (tertiary/aromatic N) is 2. The Bertz CT molecular complexity index is 595. The largest absolute Gasteiger partial charge is 0.478 e. The molecule has 0 aliphatic carbocycles. The molecule has 2 heterocycles. The van der Waals surface area contributed by atoms with Gasteiger partial charge in [-0.2, -0.15) is 0 Å². The van der Waals surface area contributed by atoms with Crippen LogP contribution >= 0.6 is 11.8 Å². The van der Waals surface area contributed by atoms with E-state index in [0.717, 1.165) is 29.4 Å². The summed E-state index contributed by atoms with van der Waals surface area (Å²) in [4.78, 5) is 18.3. The monoisotopic (exact) mass is 288 g/mol. The summed E-state index contributed by atoms with van der Waals surface area (Å²) in [6, 6.07) is 9.60. The van der Waals surface area contributed by atoms with Crippen molar-refractivity contribution in [3.05, 3.63) is 47.2 Å². The van der Waals surface area contributed by atoms with E-state index in [9.17, 15) is 9.90 Å². The number of fused-ring (bicyclic) bond motifs is 1. The number of aliphatic carboxylic acids is 1. The van der Waals surface area contributed by atoms with Crippen molar-refractivity contribution in [1.82, 2.24) is 4.90 Å². The van der Waals surface area contributed by atoms with Gasteiger partial charge in [0.25, 0.3) is 0 Å².